The lowest BCUT2D eigenvalue weighted by molar-refractivity contribution is -0.673. The Morgan fingerprint density at radius 2 is 1.56 bits per heavy atom. The van der Waals surface area contributed by atoms with E-state index < -0.39 is 0 Å². The van der Waals surface area contributed by atoms with Gasteiger partial charge in [-0.15, -0.1) is 0 Å². The zero-order chi connectivity index (χ0) is 18.6. The Bertz CT molecular complexity index is 1030. The topological polar surface area (TPSA) is 3.88 Å². The number of benzene rings is 2. The molecule has 0 atom stereocenters. The molecule has 2 aliphatic rings. The second-order valence-corrected chi connectivity index (χ2v) is 8.85. The predicted octanol–water partition coefficient (Wildman–Crippen LogP) is 5.56. The van der Waals surface area contributed by atoms with Crippen molar-refractivity contribution < 1.29 is 4.57 Å². The van der Waals surface area contributed by atoms with Crippen molar-refractivity contribution in [1.29, 1.82) is 0 Å². The minimum Gasteiger partial charge on any atom is -0.197 e. The van der Waals surface area contributed by atoms with Gasteiger partial charge in [-0.2, -0.15) is 4.57 Å². The van der Waals surface area contributed by atoms with Crippen LogP contribution in [0, 0.1) is 0 Å². The number of rotatable bonds is 1. The van der Waals surface area contributed by atoms with Crippen molar-refractivity contribution >= 4 is 0 Å². The van der Waals surface area contributed by atoms with Gasteiger partial charge in [0.2, 0.25) is 5.69 Å². The molecule has 5 rings (SSSR count). The summed E-state index contributed by atoms with van der Waals surface area (Å²) in [5, 5.41) is 0. The molecule has 0 amide bonds. The van der Waals surface area contributed by atoms with Crippen LogP contribution in [0.5, 0.6) is 0 Å². The maximum absolute atomic E-state index is 2.55. The minimum absolute atomic E-state index is 0.216. The molecule has 136 valence electrons. The second-order valence-electron chi connectivity index (χ2n) is 8.85. The molecule has 0 aliphatic heterocycles. The van der Waals surface area contributed by atoms with Gasteiger partial charge < -0.3 is 0 Å². The van der Waals surface area contributed by atoms with Crippen LogP contribution in [0.3, 0.4) is 0 Å². The van der Waals surface area contributed by atoms with Crippen molar-refractivity contribution in [2.45, 2.75) is 51.4 Å². The molecule has 1 nitrogen and oxygen atoms in total. The van der Waals surface area contributed by atoms with Crippen molar-refractivity contribution in [3.8, 4) is 22.4 Å². The molecule has 0 bridgehead atoms. The number of pyridine rings is 1. The summed E-state index contributed by atoms with van der Waals surface area (Å²) in [6.07, 6.45) is 6.03. The van der Waals surface area contributed by atoms with Crippen LogP contribution in [-0.4, -0.2) is 0 Å². The lowest BCUT2D eigenvalue weighted by Gasteiger charge is -2.33. The zero-order valence-electron chi connectivity index (χ0n) is 16.7. The van der Waals surface area contributed by atoms with Gasteiger partial charge in [0.1, 0.15) is 7.05 Å². The third-order valence-corrected chi connectivity index (χ3v) is 6.69. The standard InChI is InChI=1S/C26H28N/c1-26(2)17-9-14-22-23(19-11-5-4-6-12-19)21-16-15-18-10-7-8-13-20(18)24(21)27(3)25(22)26/h4-8,10-13H,9,14-17H2,1-3H3/q+1. The fraction of sp³-hybridized carbons (Fsp3) is 0.346. The molecule has 0 saturated heterocycles. The summed E-state index contributed by atoms with van der Waals surface area (Å²) in [7, 11) is 2.31. The Hall–Kier alpha value is -2.41. The van der Waals surface area contributed by atoms with Gasteiger partial charge in [0.15, 0.2) is 5.69 Å². The average Bonchev–Trinajstić information content (AvgIpc) is 2.68. The highest BCUT2D eigenvalue weighted by Gasteiger charge is 2.41. The first-order valence-corrected chi connectivity index (χ1v) is 10.3. The first kappa shape index (κ1) is 16.7. The smallest absolute Gasteiger partial charge is 0.197 e. The number of hydrogen-bond donors (Lipinski definition) is 0. The van der Waals surface area contributed by atoms with E-state index in [1.54, 1.807) is 16.8 Å². The van der Waals surface area contributed by atoms with Crippen molar-refractivity contribution in [2.75, 3.05) is 0 Å². The van der Waals surface area contributed by atoms with Crippen molar-refractivity contribution in [3.63, 3.8) is 0 Å². The van der Waals surface area contributed by atoms with Gasteiger partial charge in [-0.25, -0.2) is 0 Å². The Kier molecular flexibility index (Phi) is 3.75. The Labute approximate surface area is 162 Å². The Balaban J connectivity index is 1.93. The van der Waals surface area contributed by atoms with E-state index in [9.17, 15) is 0 Å². The molecule has 0 saturated carbocycles. The van der Waals surface area contributed by atoms with Crippen LogP contribution >= 0.6 is 0 Å². The average molecular weight is 355 g/mol. The van der Waals surface area contributed by atoms with Crippen LogP contribution in [-0.2, 0) is 31.7 Å². The van der Waals surface area contributed by atoms with E-state index in [1.165, 1.54) is 47.2 Å². The van der Waals surface area contributed by atoms with E-state index in [2.05, 4.69) is 80.1 Å². The SMILES string of the molecule is C[n+]1c2c(c(-c3ccccc3)c3c1C(C)(C)CCC3)CCc1ccccc1-2. The van der Waals surface area contributed by atoms with E-state index in [-0.39, 0.29) is 5.41 Å². The van der Waals surface area contributed by atoms with Gasteiger partial charge in [-0.1, -0.05) is 48.5 Å². The summed E-state index contributed by atoms with van der Waals surface area (Å²) in [6.45, 7) is 4.86. The van der Waals surface area contributed by atoms with Crippen molar-refractivity contribution in [3.05, 3.63) is 77.0 Å². The van der Waals surface area contributed by atoms with Gasteiger partial charge in [0, 0.05) is 27.7 Å². The molecule has 0 N–H and O–H groups in total. The summed E-state index contributed by atoms with van der Waals surface area (Å²) in [4.78, 5) is 0. The van der Waals surface area contributed by atoms with Crippen molar-refractivity contribution in [1.82, 2.24) is 0 Å². The third kappa shape index (κ3) is 2.48. The molecule has 0 radical (unpaired) electrons. The number of aryl methyl sites for hydroxylation is 1. The van der Waals surface area contributed by atoms with Crippen LogP contribution in [0.4, 0.5) is 0 Å². The summed E-state index contributed by atoms with van der Waals surface area (Å²) in [6, 6.07) is 20.1. The molecule has 2 aromatic carbocycles. The molecule has 0 unspecified atom stereocenters. The molecule has 1 heterocycles. The van der Waals surface area contributed by atoms with Crippen LogP contribution in [0.25, 0.3) is 22.4 Å². The lowest BCUT2D eigenvalue weighted by Crippen LogP contribution is -2.47. The lowest BCUT2D eigenvalue weighted by atomic mass is 9.71. The monoisotopic (exact) mass is 354 g/mol. The maximum Gasteiger partial charge on any atom is 0.216 e. The molecule has 3 aromatic rings. The summed E-state index contributed by atoms with van der Waals surface area (Å²) in [5.41, 5.74) is 12.2. The highest BCUT2D eigenvalue weighted by Crippen LogP contribution is 2.45. The van der Waals surface area contributed by atoms with E-state index in [0.29, 0.717) is 0 Å². The quantitative estimate of drug-likeness (QED) is 0.504. The molecule has 1 heteroatoms. The van der Waals surface area contributed by atoms with Gasteiger partial charge in [-0.05, 0) is 63.1 Å². The van der Waals surface area contributed by atoms with Crippen LogP contribution in [0.1, 0.15) is 49.1 Å². The van der Waals surface area contributed by atoms with Crippen LogP contribution in [0.15, 0.2) is 54.6 Å². The Morgan fingerprint density at radius 1 is 0.815 bits per heavy atom. The van der Waals surface area contributed by atoms with Gasteiger partial charge >= 0.3 is 0 Å². The van der Waals surface area contributed by atoms with Gasteiger partial charge in [-0.3, -0.25) is 0 Å². The normalized spacial score (nSPS) is 17.0. The molecule has 2 aliphatic carbocycles. The molecule has 27 heavy (non-hydrogen) atoms. The second kappa shape index (κ2) is 6.05. The zero-order valence-corrected chi connectivity index (χ0v) is 16.7. The maximum atomic E-state index is 2.55. The molecule has 0 spiro atoms. The van der Waals surface area contributed by atoms with Gasteiger partial charge in [0.25, 0.3) is 0 Å². The van der Waals surface area contributed by atoms with Crippen LogP contribution in [0.2, 0.25) is 0 Å². The number of fused-ring (bicyclic) bond motifs is 4. The van der Waals surface area contributed by atoms with Crippen LogP contribution < -0.4 is 4.57 Å². The fourth-order valence-corrected chi connectivity index (χ4v) is 5.64. The van der Waals surface area contributed by atoms with E-state index in [1.807, 2.05) is 0 Å². The number of nitrogens with zero attached hydrogens (tertiary/aromatic N) is 1. The van der Waals surface area contributed by atoms with E-state index >= 15 is 0 Å². The summed E-state index contributed by atoms with van der Waals surface area (Å²) < 4.78 is 2.55. The molecular formula is C26H28N+. The third-order valence-electron chi connectivity index (χ3n) is 6.69. The fourth-order valence-electron chi connectivity index (χ4n) is 5.64. The summed E-state index contributed by atoms with van der Waals surface area (Å²) >= 11 is 0. The summed E-state index contributed by atoms with van der Waals surface area (Å²) in [5.74, 6) is 0. The van der Waals surface area contributed by atoms with E-state index in [4.69, 9.17) is 0 Å². The highest BCUT2D eigenvalue weighted by atomic mass is 15.0. The first-order chi connectivity index (χ1) is 13.1. The number of hydrogen-bond acceptors (Lipinski definition) is 0. The van der Waals surface area contributed by atoms with E-state index in [0.717, 1.165) is 12.8 Å². The predicted molar refractivity (Wildman–Crippen MR) is 112 cm³/mol. The Morgan fingerprint density at radius 3 is 2.37 bits per heavy atom. The first-order valence-electron chi connectivity index (χ1n) is 10.3. The highest BCUT2D eigenvalue weighted by molar-refractivity contribution is 5.80. The molecule has 1 aromatic heterocycles. The molecule has 0 fully saturated rings. The van der Waals surface area contributed by atoms with Crippen molar-refractivity contribution in [2.24, 2.45) is 7.05 Å². The molecular weight excluding hydrogens is 326 g/mol. The van der Waals surface area contributed by atoms with Gasteiger partial charge in [0.05, 0.1) is 0 Å². The largest absolute Gasteiger partial charge is 0.216 e. The minimum atomic E-state index is 0.216. The number of aromatic nitrogens is 1.